The Morgan fingerprint density at radius 1 is 1.50 bits per heavy atom. The quantitative estimate of drug-likeness (QED) is 0.650. The Hall–Kier alpha value is -2.64. The second-order valence-electron chi connectivity index (χ2n) is 6.52. The van der Waals surface area contributed by atoms with Gasteiger partial charge in [-0.25, -0.2) is 14.5 Å². The van der Waals surface area contributed by atoms with Crippen molar-refractivity contribution >= 4 is 11.8 Å². The Kier molecular flexibility index (Phi) is 5.11. The van der Waals surface area contributed by atoms with Gasteiger partial charge in [-0.05, 0) is 39.8 Å². The highest BCUT2D eigenvalue weighted by Gasteiger charge is 2.32. The molecule has 1 N–H and O–H groups in total. The van der Waals surface area contributed by atoms with E-state index in [0.717, 1.165) is 6.42 Å². The average molecular weight is 362 g/mol. The molecule has 3 rings (SSSR count). The van der Waals surface area contributed by atoms with E-state index >= 15 is 0 Å². The third kappa shape index (κ3) is 3.49. The molecule has 0 bridgehead atoms. The fourth-order valence-electron chi connectivity index (χ4n) is 2.83. The first-order valence-corrected chi connectivity index (χ1v) is 8.78. The molecule has 3 heterocycles. The van der Waals surface area contributed by atoms with E-state index in [1.807, 2.05) is 20.8 Å². The van der Waals surface area contributed by atoms with Crippen LogP contribution in [0.4, 0.5) is 10.2 Å². The number of esters is 1. The predicted octanol–water partition coefficient (Wildman–Crippen LogP) is 3.25. The summed E-state index contributed by atoms with van der Waals surface area (Å²) in [5, 5.41) is 7.44. The van der Waals surface area contributed by atoms with Crippen LogP contribution < -0.4 is 10.1 Å². The number of nitrogens with one attached hydrogen (secondary N) is 1. The minimum absolute atomic E-state index is 0.0548. The zero-order valence-corrected chi connectivity index (χ0v) is 15.4. The second kappa shape index (κ2) is 7.31. The molecule has 0 radical (unpaired) electrons. The van der Waals surface area contributed by atoms with Crippen LogP contribution in [0, 0.1) is 5.95 Å². The highest BCUT2D eigenvalue weighted by Crippen LogP contribution is 2.35. The molecule has 140 valence electrons. The summed E-state index contributed by atoms with van der Waals surface area (Å²) in [6.07, 6.45) is 0.703. The Bertz CT molecular complexity index is 819. The molecular formula is C18H23FN4O3. The van der Waals surface area contributed by atoms with Gasteiger partial charge >= 0.3 is 5.97 Å². The lowest BCUT2D eigenvalue weighted by Gasteiger charge is -2.21. The van der Waals surface area contributed by atoms with Crippen LogP contribution in [0.5, 0.6) is 5.88 Å². The number of rotatable bonds is 5. The maximum atomic E-state index is 14.7. The number of carbonyl (C=O) groups is 1. The molecule has 1 aliphatic heterocycles. The molecule has 8 heteroatoms. The van der Waals surface area contributed by atoms with Crippen molar-refractivity contribution in [2.24, 2.45) is 0 Å². The smallest absolute Gasteiger partial charge is 0.345 e. The van der Waals surface area contributed by atoms with E-state index in [2.05, 4.69) is 15.4 Å². The first-order valence-electron chi connectivity index (χ1n) is 8.78. The first kappa shape index (κ1) is 18.2. The standard InChI is InChI=1S/C18H23FN4O3/c1-5-25-18(24)14-15(22-23-9-8-11(4)26-17(14)23)12-6-7-13(20-10(2)3)21-16(12)19/h6-7,10-11H,5,8-9H2,1-4H3,(H,20,21)/t11-/m0/s1. The molecule has 0 aliphatic carbocycles. The summed E-state index contributed by atoms with van der Waals surface area (Å²) in [4.78, 5) is 16.4. The van der Waals surface area contributed by atoms with Crippen LogP contribution >= 0.6 is 0 Å². The minimum atomic E-state index is -0.704. The lowest BCUT2D eigenvalue weighted by atomic mass is 10.1. The van der Waals surface area contributed by atoms with Crippen LogP contribution in [0.1, 0.15) is 44.5 Å². The van der Waals surface area contributed by atoms with Gasteiger partial charge in [0.15, 0.2) is 0 Å². The van der Waals surface area contributed by atoms with Gasteiger partial charge in [0, 0.05) is 19.0 Å². The third-order valence-electron chi connectivity index (χ3n) is 3.99. The second-order valence-corrected chi connectivity index (χ2v) is 6.52. The molecule has 0 saturated heterocycles. The molecule has 1 aliphatic rings. The zero-order chi connectivity index (χ0) is 18.8. The van der Waals surface area contributed by atoms with Crippen LogP contribution in [-0.2, 0) is 11.3 Å². The summed E-state index contributed by atoms with van der Waals surface area (Å²) in [5.74, 6) is -0.542. The minimum Gasteiger partial charge on any atom is -0.474 e. The van der Waals surface area contributed by atoms with Crippen molar-refractivity contribution in [3.05, 3.63) is 23.6 Å². The number of halogens is 1. The number of ether oxygens (including phenoxy) is 2. The molecule has 0 aromatic carbocycles. The zero-order valence-electron chi connectivity index (χ0n) is 15.4. The Labute approximate surface area is 151 Å². The third-order valence-corrected chi connectivity index (χ3v) is 3.99. The lowest BCUT2D eigenvalue weighted by Crippen LogP contribution is -2.24. The summed E-state index contributed by atoms with van der Waals surface area (Å²) < 4.78 is 27.2. The molecule has 0 spiro atoms. The van der Waals surface area contributed by atoms with Crippen molar-refractivity contribution in [1.29, 1.82) is 0 Å². The number of pyridine rings is 1. The van der Waals surface area contributed by atoms with E-state index < -0.39 is 11.9 Å². The van der Waals surface area contributed by atoms with Crippen LogP contribution in [0.25, 0.3) is 11.3 Å². The number of aryl methyl sites for hydroxylation is 1. The molecule has 0 saturated carbocycles. The highest BCUT2D eigenvalue weighted by molar-refractivity contribution is 5.99. The van der Waals surface area contributed by atoms with Gasteiger partial charge in [0.05, 0.1) is 18.3 Å². The van der Waals surface area contributed by atoms with Crippen molar-refractivity contribution in [2.45, 2.75) is 52.8 Å². The van der Waals surface area contributed by atoms with E-state index in [-0.39, 0.29) is 35.6 Å². The summed E-state index contributed by atoms with van der Waals surface area (Å²) in [7, 11) is 0. The average Bonchev–Trinajstić information content (AvgIpc) is 2.92. The first-order chi connectivity index (χ1) is 12.4. The van der Waals surface area contributed by atoms with Crippen molar-refractivity contribution in [3.63, 3.8) is 0 Å². The SMILES string of the molecule is CCOC(=O)c1c(-c2ccc(NC(C)C)nc2F)nn2c1O[C@@H](C)CC2. The van der Waals surface area contributed by atoms with Gasteiger partial charge in [-0.2, -0.15) is 9.49 Å². The van der Waals surface area contributed by atoms with Crippen LogP contribution in [0.2, 0.25) is 0 Å². The number of anilines is 1. The van der Waals surface area contributed by atoms with Gasteiger partial charge in [-0.1, -0.05) is 0 Å². The molecule has 0 unspecified atom stereocenters. The fourth-order valence-corrected chi connectivity index (χ4v) is 2.83. The maximum absolute atomic E-state index is 14.7. The van der Waals surface area contributed by atoms with Crippen molar-refractivity contribution < 1.29 is 18.7 Å². The van der Waals surface area contributed by atoms with E-state index in [9.17, 15) is 9.18 Å². The largest absolute Gasteiger partial charge is 0.474 e. The molecule has 0 amide bonds. The molecule has 26 heavy (non-hydrogen) atoms. The van der Waals surface area contributed by atoms with Crippen molar-refractivity contribution in [2.75, 3.05) is 11.9 Å². The number of hydrogen-bond donors (Lipinski definition) is 1. The number of fused-ring (bicyclic) bond motifs is 1. The van der Waals surface area contributed by atoms with Crippen molar-refractivity contribution in [1.82, 2.24) is 14.8 Å². The van der Waals surface area contributed by atoms with Crippen LogP contribution in [-0.4, -0.2) is 39.5 Å². The molecule has 1 atom stereocenters. The summed E-state index contributed by atoms with van der Waals surface area (Å²) in [6.45, 7) is 8.30. The van der Waals surface area contributed by atoms with Gasteiger partial charge in [0.1, 0.15) is 17.1 Å². The van der Waals surface area contributed by atoms with Crippen molar-refractivity contribution in [3.8, 4) is 17.1 Å². The summed E-state index contributed by atoms with van der Waals surface area (Å²) in [5.41, 5.74) is 0.470. The normalized spacial score (nSPS) is 16.2. The predicted molar refractivity (Wildman–Crippen MR) is 94.8 cm³/mol. The molecule has 2 aromatic heterocycles. The number of hydrogen-bond acceptors (Lipinski definition) is 6. The monoisotopic (exact) mass is 362 g/mol. The van der Waals surface area contributed by atoms with E-state index in [0.29, 0.717) is 18.2 Å². The number of nitrogens with zero attached hydrogens (tertiary/aromatic N) is 3. The Morgan fingerprint density at radius 3 is 2.92 bits per heavy atom. The molecule has 7 nitrogen and oxygen atoms in total. The molecular weight excluding hydrogens is 339 g/mol. The highest BCUT2D eigenvalue weighted by atomic mass is 19.1. The Morgan fingerprint density at radius 2 is 2.27 bits per heavy atom. The summed E-state index contributed by atoms with van der Waals surface area (Å²) >= 11 is 0. The van der Waals surface area contributed by atoms with Gasteiger partial charge in [0.25, 0.3) is 0 Å². The van der Waals surface area contributed by atoms with Gasteiger partial charge < -0.3 is 14.8 Å². The summed E-state index contributed by atoms with van der Waals surface area (Å²) in [6, 6.07) is 3.35. The van der Waals surface area contributed by atoms with Crippen LogP contribution in [0.3, 0.4) is 0 Å². The van der Waals surface area contributed by atoms with Crippen LogP contribution in [0.15, 0.2) is 12.1 Å². The van der Waals surface area contributed by atoms with Gasteiger partial charge in [-0.15, -0.1) is 0 Å². The fraction of sp³-hybridized carbons (Fsp3) is 0.500. The van der Waals surface area contributed by atoms with Gasteiger partial charge in [0.2, 0.25) is 11.8 Å². The lowest BCUT2D eigenvalue weighted by molar-refractivity contribution is 0.0515. The number of aromatic nitrogens is 3. The molecule has 0 fully saturated rings. The molecule has 2 aromatic rings. The van der Waals surface area contributed by atoms with Gasteiger partial charge in [-0.3, -0.25) is 0 Å². The Balaban J connectivity index is 2.08. The topological polar surface area (TPSA) is 78.3 Å². The van der Waals surface area contributed by atoms with E-state index in [1.165, 1.54) is 0 Å². The van der Waals surface area contributed by atoms with E-state index in [4.69, 9.17) is 9.47 Å². The maximum Gasteiger partial charge on any atom is 0.345 e. The number of carbonyl (C=O) groups excluding carboxylic acids is 1. The van der Waals surface area contributed by atoms with E-state index in [1.54, 1.807) is 23.7 Å².